The van der Waals surface area contributed by atoms with Crippen molar-refractivity contribution < 1.29 is 4.79 Å². The molecule has 17 heavy (non-hydrogen) atoms. The number of carbonyl (C=O) groups is 1. The fourth-order valence-electron chi connectivity index (χ4n) is 2.37. The number of rotatable bonds is 2. The van der Waals surface area contributed by atoms with Crippen LogP contribution in [0, 0.1) is 6.92 Å². The maximum atomic E-state index is 11.5. The number of amides is 1. The van der Waals surface area contributed by atoms with E-state index in [1.165, 1.54) is 12.8 Å². The maximum Gasteiger partial charge on any atom is 0.252 e. The van der Waals surface area contributed by atoms with Crippen LogP contribution in [-0.4, -0.2) is 24.0 Å². The van der Waals surface area contributed by atoms with Crippen LogP contribution >= 0.6 is 0 Å². The first-order chi connectivity index (χ1) is 8.20. The van der Waals surface area contributed by atoms with E-state index in [4.69, 9.17) is 5.73 Å². The standard InChI is InChI=1S/C13H19N3O/c1-10-6-7-15-13(11(10)12(14)17)16-8-4-2-3-5-9-16/h6-7H,2-5,8-9H2,1H3,(H2,14,17). The first kappa shape index (κ1) is 11.9. The minimum atomic E-state index is -0.380. The van der Waals surface area contributed by atoms with Gasteiger partial charge in [0.05, 0.1) is 5.56 Å². The van der Waals surface area contributed by atoms with Gasteiger partial charge in [0, 0.05) is 19.3 Å². The van der Waals surface area contributed by atoms with E-state index in [9.17, 15) is 4.79 Å². The molecular formula is C13H19N3O. The zero-order valence-corrected chi connectivity index (χ0v) is 10.3. The average molecular weight is 233 g/mol. The van der Waals surface area contributed by atoms with Crippen molar-refractivity contribution in [2.75, 3.05) is 18.0 Å². The molecule has 0 spiro atoms. The molecule has 1 amide bonds. The first-order valence-electron chi connectivity index (χ1n) is 6.20. The lowest BCUT2D eigenvalue weighted by Crippen LogP contribution is -2.28. The molecule has 0 bridgehead atoms. The van der Waals surface area contributed by atoms with Crippen molar-refractivity contribution in [3.8, 4) is 0 Å². The monoisotopic (exact) mass is 233 g/mol. The molecule has 1 aliphatic heterocycles. The molecule has 1 aromatic rings. The van der Waals surface area contributed by atoms with Crippen molar-refractivity contribution in [2.24, 2.45) is 5.73 Å². The minimum Gasteiger partial charge on any atom is -0.365 e. The Morgan fingerprint density at radius 2 is 1.94 bits per heavy atom. The molecule has 1 fully saturated rings. The second-order valence-electron chi connectivity index (χ2n) is 4.59. The lowest BCUT2D eigenvalue weighted by atomic mass is 10.1. The van der Waals surface area contributed by atoms with Crippen LogP contribution in [0.2, 0.25) is 0 Å². The number of nitrogens with zero attached hydrogens (tertiary/aromatic N) is 2. The number of nitrogens with two attached hydrogens (primary N) is 1. The smallest absolute Gasteiger partial charge is 0.252 e. The SMILES string of the molecule is Cc1ccnc(N2CCCCCC2)c1C(N)=O. The Labute approximate surface area is 102 Å². The van der Waals surface area contributed by atoms with Crippen LogP contribution in [0.4, 0.5) is 5.82 Å². The molecule has 0 aliphatic carbocycles. The lowest BCUT2D eigenvalue weighted by Gasteiger charge is -2.23. The van der Waals surface area contributed by atoms with Crippen molar-refractivity contribution in [3.05, 3.63) is 23.4 Å². The number of hydrogen-bond donors (Lipinski definition) is 1. The van der Waals surface area contributed by atoms with Crippen LogP contribution < -0.4 is 10.6 Å². The minimum absolute atomic E-state index is 0.380. The van der Waals surface area contributed by atoms with Crippen molar-refractivity contribution in [2.45, 2.75) is 32.6 Å². The number of aryl methyl sites for hydroxylation is 1. The molecule has 2 N–H and O–H groups in total. The van der Waals surface area contributed by atoms with Gasteiger partial charge in [0.2, 0.25) is 0 Å². The van der Waals surface area contributed by atoms with Crippen molar-refractivity contribution in [3.63, 3.8) is 0 Å². The Hall–Kier alpha value is -1.58. The Morgan fingerprint density at radius 1 is 1.29 bits per heavy atom. The van der Waals surface area contributed by atoms with Crippen LogP contribution in [0.1, 0.15) is 41.6 Å². The highest BCUT2D eigenvalue weighted by molar-refractivity contribution is 5.99. The molecule has 2 heterocycles. The normalized spacial score (nSPS) is 16.6. The van der Waals surface area contributed by atoms with E-state index in [0.29, 0.717) is 5.56 Å². The lowest BCUT2D eigenvalue weighted by molar-refractivity contribution is 0.1000. The summed E-state index contributed by atoms with van der Waals surface area (Å²) in [5, 5.41) is 0. The largest absolute Gasteiger partial charge is 0.365 e. The van der Waals surface area contributed by atoms with Gasteiger partial charge in [0.15, 0.2) is 0 Å². The molecule has 1 aliphatic rings. The molecule has 0 atom stereocenters. The maximum absolute atomic E-state index is 11.5. The highest BCUT2D eigenvalue weighted by Gasteiger charge is 2.19. The molecule has 2 rings (SSSR count). The predicted molar refractivity (Wildman–Crippen MR) is 68.2 cm³/mol. The quantitative estimate of drug-likeness (QED) is 0.848. The molecule has 0 saturated carbocycles. The summed E-state index contributed by atoms with van der Waals surface area (Å²) < 4.78 is 0. The van der Waals surface area contributed by atoms with Crippen LogP contribution in [0.3, 0.4) is 0 Å². The van der Waals surface area contributed by atoms with Crippen molar-refractivity contribution >= 4 is 11.7 Å². The third kappa shape index (κ3) is 2.57. The molecule has 1 saturated heterocycles. The van der Waals surface area contributed by atoms with Crippen LogP contribution in [0.25, 0.3) is 0 Å². The molecule has 4 nitrogen and oxygen atoms in total. The van der Waals surface area contributed by atoms with E-state index in [2.05, 4.69) is 9.88 Å². The van der Waals surface area contributed by atoms with Crippen LogP contribution in [0.5, 0.6) is 0 Å². The number of aromatic nitrogens is 1. The predicted octanol–water partition coefficient (Wildman–Crippen LogP) is 1.87. The summed E-state index contributed by atoms with van der Waals surface area (Å²) in [6.45, 7) is 3.84. The number of carbonyl (C=O) groups excluding carboxylic acids is 1. The fraction of sp³-hybridized carbons (Fsp3) is 0.538. The van der Waals surface area contributed by atoms with E-state index in [1.54, 1.807) is 6.20 Å². The molecule has 0 unspecified atom stereocenters. The second kappa shape index (κ2) is 5.17. The zero-order chi connectivity index (χ0) is 12.3. The number of pyridine rings is 1. The summed E-state index contributed by atoms with van der Waals surface area (Å²) in [5.74, 6) is 0.384. The highest BCUT2D eigenvalue weighted by Crippen LogP contribution is 2.23. The van der Waals surface area contributed by atoms with E-state index in [0.717, 1.165) is 37.3 Å². The summed E-state index contributed by atoms with van der Waals surface area (Å²) >= 11 is 0. The van der Waals surface area contributed by atoms with Gasteiger partial charge in [-0.25, -0.2) is 4.98 Å². The van der Waals surface area contributed by atoms with Crippen molar-refractivity contribution in [1.29, 1.82) is 0 Å². The van der Waals surface area contributed by atoms with Gasteiger partial charge in [-0.1, -0.05) is 12.8 Å². The van der Waals surface area contributed by atoms with E-state index < -0.39 is 0 Å². The Kier molecular flexibility index (Phi) is 3.61. The Morgan fingerprint density at radius 3 is 2.53 bits per heavy atom. The van der Waals surface area contributed by atoms with Gasteiger partial charge < -0.3 is 10.6 Å². The Balaban J connectivity index is 2.36. The molecule has 92 valence electrons. The zero-order valence-electron chi connectivity index (χ0n) is 10.3. The summed E-state index contributed by atoms with van der Waals surface area (Å²) in [6.07, 6.45) is 6.59. The van der Waals surface area contributed by atoms with Gasteiger partial charge in [-0.05, 0) is 31.4 Å². The number of hydrogen-bond acceptors (Lipinski definition) is 3. The number of primary amides is 1. The van der Waals surface area contributed by atoms with Gasteiger partial charge in [0.1, 0.15) is 5.82 Å². The third-order valence-electron chi connectivity index (χ3n) is 3.29. The average Bonchev–Trinajstić information content (AvgIpc) is 2.56. The van der Waals surface area contributed by atoms with Gasteiger partial charge >= 0.3 is 0 Å². The summed E-state index contributed by atoms with van der Waals surface area (Å²) in [7, 11) is 0. The summed E-state index contributed by atoms with van der Waals surface area (Å²) in [4.78, 5) is 18.1. The molecule has 0 aromatic carbocycles. The van der Waals surface area contributed by atoms with Gasteiger partial charge in [0.25, 0.3) is 5.91 Å². The van der Waals surface area contributed by atoms with E-state index in [1.807, 2.05) is 13.0 Å². The highest BCUT2D eigenvalue weighted by atomic mass is 16.1. The third-order valence-corrected chi connectivity index (χ3v) is 3.29. The second-order valence-corrected chi connectivity index (χ2v) is 4.59. The van der Waals surface area contributed by atoms with E-state index in [-0.39, 0.29) is 5.91 Å². The summed E-state index contributed by atoms with van der Waals surface area (Å²) in [5.41, 5.74) is 6.94. The molecule has 0 radical (unpaired) electrons. The Bertz CT molecular complexity index is 409. The van der Waals surface area contributed by atoms with E-state index >= 15 is 0 Å². The summed E-state index contributed by atoms with van der Waals surface area (Å²) in [6, 6.07) is 1.83. The van der Waals surface area contributed by atoms with Crippen LogP contribution in [0.15, 0.2) is 12.3 Å². The molecular weight excluding hydrogens is 214 g/mol. The van der Waals surface area contributed by atoms with Crippen LogP contribution in [-0.2, 0) is 0 Å². The topological polar surface area (TPSA) is 59.2 Å². The van der Waals surface area contributed by atoms with Crippen molar-refractivity contribution in [1.82, 2.24) is 4.98 Å². The van der Waals surface area contributed by atoms with Gasteiger partial charge in [-0.2, -0.15) is 0 Å². The molecule has 4 heteroatoms. The van der Waals surface area contributed by atoms with Gasteiger partial charge in [-0.15, -0.1) is 0 Å². The number of anilines is 1. The molecule has 1 aromatic heterocycles. The fourth-order valence-corrected chi connectivity index (χ4v) is 2.37. The van der Waals surface area contributed by atoms with Gasteiger partial charge in [-0.3, -0.25) is 4.79 Å². The first-order valence-corrected chi connectivity index (χ1v) is 6.20.